The number of hydrogen-bond acceptors (Lipinski definition) is 5. The number of alkyl halides is 3. The second-order valence-electron chi connectivity index (χ2n) is 3.93. The molecule has 2 aromatic rings. The van der Waals surface area contributed by atoms with Gasteiger partial charge in [0.15, 0.2) is 0 Å². The number of rotatable bonds is 5. The lowest BCUT2D eigenvalue weighted by Gasteiger charge is -2.08. The average molecular weight is 287 g/mol. The molecule has 0 atom stereocenters. The number of hydrogen-bond donors (Lipinski definition) is 1. The molecule has 5 nitrogen and oxygen atoms in total. The first kappa shape index (κ1) is 14.3. The van der Waals surface area contributed by atoms with E-state index >= 15 is 0 Å². The fourth-order valence-electron chi connectivity index (χ4n) is 1.50. The molecule has 0 unspecified atom stereocenters. The van der Waals surface area contributed by atoms with Crippen LogP contribution < -0.4 is 10.1 Å². The Morgan fingerprint density at radius 2 is 1.90 bits per heavy atom. The monoisotopic (exact) mass is 287 g/mol. The van der Waals surface area contributed by atoms with Crippen LogP contribution in [-0.4, -0.2) is 30.2 Å². The van der Waals surface area contributed by atoms with E-state index in [2.05, 4.69) is 20.3 Å². The maximum absolute atomic E-state index is 12.0. The van der Waals surface area contributed by atoms with E-state index in [1.165, 1.54) is 24.3 Å². The van der Waals surface area contributed by atoms with E-state index in [1.807, 2.05) is 0 Å². The Labute approximate surface area is 112 Å². The normalized spacial score (nSPS) is 11.6. The van der Waals surface area contributed by atoms with Gasteiger partial charge in [-0.15, -0.1) is 23.4 Å². The van der Waals surface area contributed by atoms with E-state index in [0.717, 1.165) is 0 Å². The summed E-state index contributed by atoms with van der Waals surface area (Å²) in [7, 11) is 1.80. The molecule has 1 heterocycles. The molecule has 0 aliphatic rings. The molecule has 8 heteroatoms. The van der Waals surface area contributed by atoms with Gasteiger partial charge in [0, 0.05) is 18.5 Å². The predicted molar refractivity (Wildman–Crippen MR) is 64.0 cm³/mol. The van der Waals surface area contributed by atoms with Crippen molar-refractivity contribution in [2.24, 2.45) is 0 Å². The van der Waals surface area contributed by atoms with Crippen LogP contribution in [0.1, 0.15) is 5.89 Å². The first-order valence-corrected chi connectivity index (χ1v) is 5.81. The fraction of sp³-hybridized carbons (Fsp3) is 0.333. The topological polar surface area (TPSA) is 60.2 Å². The van der Waals surface area contributed by atoms with Gasteiger partial charge in [0.1, 0.15) is 5.75 Å². The van der Waals surface area contributed by atoms with Crippen LogP contribution in [0.5, 0.6) is 5.75 Å². The Kier molecular flexibility index (Phi) is 4.23. The number of nitrogens with zero attached hydrogens (tertiary/aromatic N) is 2. The van der Waals surface area contributed by atoms with E-state index in [-0.39, 0.29) is 11.6 Å². The van der Waals surface area contributed by atoms with Crippen molar-refractivity contribution in [3.8, 4) is 17.2 Å². The maximum Gasteiger partial charge on any atom is 0.573 e. The van der Waals surface area contributed by atoms with Gasteiger partial charge >= 0.3 is 6.36 Å². The number of nitrogens with one attached hydrogen (secondary N) is 1. The summed E-state index contributed by atoms with van der Waals surface area (Å²) in [5, 5.41) is 10.6. The summed E-state index contributed by atoms with van der Waals surface area (Å²) in [5.74, 6) is 0.427. The van der Waals surface area contributed by atoms with Crippen LogP contribution >= 0.6 is 0 Å². The summed E-state index contributed by atoms with van der Waals surface area (Å²) in [5.41, 5.74) is 0.530. The van der Waals surface area contributed by atoms with E-state index in [9.17, 15) is 13.2 Å². The second kappa shape index (κ2) is 5.91. The third kappa shape index (κ3) is 3.95. The fourth-order valence-corrected chi connectivity index (χ4v) is 1.50. The number of ether oxygens (including phenoxy) is 1. The Hall–Kier alpha value is -2.09. The Morgan fingerprint density at radius 1 is 1.20 bits per heavy atom. The largest absolute Gasteiger partial charge is 0.573 e. The highest BCUT2D eigenvalue weighted by Crippen LogP contribution is 2.25. The van der Waals surface area contributed by atoms with Crippen LogP contribution in [0.25, 0.3) is 11.5 Å². The summed E-state index contributed by atoms with van der Waals surface area (Å²) in [4.78, 5) is 0. The SMILES string of the molecule is CNCCc1nnc(-c2ccc(OC(F)(F)F)cc2)o1. The first-order chi connectivity index (χ1) is 9.48. The van der Waals surface area contributed by atoms with Gasteiger partial charge in [-0.25, -0.2) is 0 Å². The van der Waals surface area contributed by atoms with Crippen molar-refractivity contribution in [2.75, 3.05) is 13.6 Å². The lowest BCUT2D eigenvalue weighted by Crippen LogP contribution is -2.16. The molecular formula is C12H12F3N3O2. The van der Waals surface area contributed by atoms with E-state index < -0.39 is 6.36 Å². The lowest BCUT2D eigenvalue weighted by molar-refractivity contribution is -0.274. The summed E-state index contributed by atoms with van der Waals surface area (Å²) < 4.78 is 45.2. The van der Waals surface area contributed by atoms with Crippen LogP contribution in [-0.2, 0) is 6.42 Å². The third-order valence-electron chi connectivity index (χ3n) is 2.39. The molecule has 1 N–H and O–H groups in total. The number of likely N-dealkylation sites (N-methyl/N-ethyl adjacent to an activating group) is 1. The molecule has 2 rings (SSSR count). The molecule has 0 saturated carbocycles. The highest BCUT2D eigenvalue weighted by molar-refractivity contribution is 5.53. The molecule has 0 amide bonds. The predicted octanol–water partition coefficient (Wildman–Crippen LogP) is 2.40. The zero-order chi connectivity index (χ0) is 14.6. The average Bonchev–Trinajstić information content (AvgIpc) is 2.84. The molecule has 0 saturated heterocycles. The molecule has 1 aromatic carbocycles. The molecular weight excluding hydrogens is 275 g/mol. The van der Waals surface area contributed by atoms with Crippen molar-refractivity contribution in [2.45, 2.75) is 12.8 Å². The molecule has 0 aliphatic heterocycles. The van der Waals surface area contributed by atoms with Crippen molar-refractivity contribution in [3.63, 3.8) is 0 Å². The van der Waals surface area contributed by atoms with Crippen LogP contribution in [0.2, 0.25) is 0 Å². The summed E-state index contributed by atoms with van der Waals surface area (Å²) in [6.07, 6.45) is -4.12. The summed E-state index contributed by atoms with van der Waals surface area (Å²) in [6, 6.07) is 5.24. The lowest BCUT2D eigenvalue weighted by atomic mass is 10.2. The van der Waals surface area contributed by atoms with Crippen molar-refractivity contribution in [3.05, 3.63) is 30.2 Å². The molecule has 108 valence electrons. The van der Waals surface area contributed by atoms with Crippen molar-refractivity contribution < 1.29 is 22.3 Å². The smallest absolute Gasteiger partial charge is 0.421 e. The van der Waals surface area contributed by atoms with Crippen molar-refractivity contribution >= 4 is 0 Å². The highest BCUT2D eigenvalue weighted by atomic mass is 19.4. The van der Waals surface area contributed by atoms with Crippen molar-refractivity contribution in [1.82, 2.24) is 15.5 Å². The highest BCUT2D eigenvalue weighted by Gasteiger charge is 2.31. The Balaban J connectivity index is 2.07. The summed E-state index contributed by atoms with van der Waals surface area (Å²) >= 11 is 0. The summed E-state index contributed by atoms with van der Waals surface area (Å²) in [6.45, 7) is 0.694. The van der Waals surface area contributed by atoms with Gasteiger partial charge in [0.05, 0.1) is 0 Å². The molecule has 1 aromatic heterocycles. The quantitative estimate of drug-likeness (QED) is 0.915. The van der Waals surface area contributed by atoms with E-state index in [4.69, 9.17) is 4.42 Å². The van der Waals surface area contributed by atoms with Gasteiger partial charge in [0.25, 0.3) is 0 Å². The third-order valence-corrected chi connectivity index (χ3v) is 2.39. The van der Waals surface area contributed by atoms with Crippen LogP contribution in [0.4, 0.5) is 13.2 Å². The minimum absolute atomic E-state index is 0.259. The van der Waals surface area contributed by atoms with Crippen molar-refractivity contribution in [1.29, 1.82) is 0 Å². The molecule has 20 heavy (non-hydrogen) atoms. The van der Waals surface area contributed by atoms with Gasteiger partial charge in [-0.05, 0) is 31.3 Å². The zero-order valence-corrected chi connectivity index (χ0v) is 10.6. The molecule has 0 radical (unpaired) electrons. The minimum Gasteiger partial charge on any atom is -0.421 e. The zero-order valence-electron chi connectivity index (χ0n) is 10.6. The number of aromatic nitrogens is 2. The van der Waals surface area contributed by atoms with Crippen LogP contribution in [0.3, 0.4) is 0 Å². The number of benzene rings is 1. The van der Waals surface area contributed by atoms with Gasteiger partial charge in [-0.3, -0.25) is 0 Å². The Morgan fingerprint density at radius 3 is 2.50 bits per heavy atom. The van der Waals surface area contributed by atoms with Gasteiger partial charge < -0.3 is 14.5 Å². The van der Waals surface area contributed by atoms with Crippen LogP contribution in [0.15, 0.2) is 28.7 Å². The molecule has 0 aliphatic carbocycles. The molecule has 0 bridgehead atoms. The Bertz CT molecular complexity index is 552. The molecule has 0 spiro atoms. The van der Waals surface area contributed by atoms with E-state index in [1.54, 1.807) is 7.05 Å². The number of halogens is 3. The van der Waals surface area contributed by atoms with E-state index in [0.29, 0.717) is 24.4 Å². The first-order valence-electron chi connectivity index (χ1n) is 5.81. The minimum atomic E-state index is -4.70. The molecule has 0 fully saturated rings. The van der Waals surface area contributed by atoms with Gasteiger partial charge in [-0.1, -0.05) is 0 Å². The standard InChI is InChI=1S/C12H12F3N3O2/c1-16-7-6-10-17-18-11(19-10)8-2-4-9(5-3-8)20-12(13,14)15/h2-5,16H,6-7H2,1H3. The van der Waals surface area contributed by atoms with Gasteiger partial charge in [0.2, 0.25) is 11.8 Å². The van der Waals surface area contributed by atoms with Gasteiger partial charge in [-0.2, -0.15) is 0 Å². The second-order valence-corrected chi connectivity index (χ2v) is 3.93. The maximum atomic E-state index is 12.0. The van der Waals surface area contributed by atoms with Crippen LogP contribution in [0, 0.1) is 0 Å².